The van der Waals surface area contributed by atoms with Gasteiger partial charge < -0.3 is 138 Å². The second-order valence-electron chi connectivity index (χ2n) is 28.8. The van der Waals surface area contributed by atoms with Crippen LogP contribution in [0.15, 0.2) is 78.9 Å². The Morgan fingerprint density at radius 2 is 1.34 bits per heavy atom. The number of carbonyl (C=O) groups is 9. The number of amides is 7. The van der Waals surface area contributed by atoms with Crippen LogP contribution in [0.1, 0.15) is 138 Å². The number of nitrogens with one attached hydrogen (secondary N) is 8. The van der Waals surface area contributed by atoms with Gasteiger partial charge in [-0.25, -0.2) is 9.59 Å². The van der Waals surface area contributed by atoms with E-state index in [1.54, 1.807) is 6.92 Å². The minimum atomic E-state index is -2.39. The molecule has 0 aliphatic carbocycles. The third kappa shape index (κ3) is 19.5. The zero-order chi connectivity index (χ0) is 82.4. The fourth-order valence-electron chi connectivity index (χ4n) is 13.9. The molecule has 7 heterocycles. The number of hydrogen-bond donors (Lipinski definition) is 20. The number of phenols is 3. The molecule has 12 rings (SSSR count). The third-order valence-electron chi connectivity index (χ3n) is 20.0. The summed E-state index contributed by atoms with van der Waals surface area (Å²) < 4.78 is 44.8. The van der Waals surface area contributed by atoms with Crippen molar-refractivity contribution in [2.75, 3.05) is 26.8 Å². The molecule has 1 unspecified atom stereocenters. The van der Waals surface area contributed by atoms with Crippen LogP contribution in [0.3, 0.4) is 0 Å². The van der Waals surface area contributed by atoms with Crippen molar-refractivity contribution in [1.82, 2.24) is 42.5 Å². The minimum Gasteiger partial charge on any atom is -0.508 e. The van der Waals surface area contributed by atoms with Crippen LogP contribution < -0.4 is 62.5 Å². The van der Waals surface area contributed by atoms with Gasteiger partial charge in [-0.05, 0) is 117 Å². The molecule has 0 radical (unpaired) electrons. The van der Waals surface area contributed by atoms with Crippen LogP contribution in [0.4, 0.5) is 0 Å². The molecule has 7 amide bonds. The van der Waals surface area contributed by atoms with Gasteiger partial charge in [0.05, 0.1) is 41.3 Å². The van der Waals surface area contributed by atoms with E-state index >= 15 is 14.4 Å². The van der Waals surface area contributed by atoms with Crippen molar-refractivity contribution in [1.29, 1.82) is 0 Å². The van der Waals surface area contributed by atoms with Gasteiger partial charge >= 0.3 is 11.9 Å². The number of nitrogens with two attached hydrogens (primary N) is 1. The third-order valence-corrected chi connectivity index (χ3v) is 20.6. The van der Waals surface area contributed by atoms with E-state index in [0.717, 1.165) is 86.0 Å². The predicted molar refractivity (Wildman–Crippen MR) is 395 cm³/mol. The van der Waals surface area contributed by atoms with Crippen molar-refractivity contribution in [2.24, 2.45) is 11.7 Å². The number of ether oxygens (including phenoxy) is 7. The van der Waals surface area contributed by atoms with Crippen molar-refractivity contribution >= 4 is 76.5 Å². The lowest BCUT2D eigenvalue weighted by Gasteiger charge is -2.48. The summed E-state index contributed by atoms with van der Waals surface area (Å²) in [4.78, 5) is 130. The first-order chi connectivity index (χ1) is 53.5. The number of fused-ring (bicyclic) bond motifs is 15. The van der Waals surface area contributed by atoms with Gasteiger partial charge in [0.25, 0.3) is 0 Å². The number of primary amides is 1. The first kappa shape index (κ1) is 85.7. The van der Waals surface area contributed by atoms with E-state index in [-0.39, 0.29) is 54.4 Å². The molecule has 7 aliphatic heterocycles. The van der Waals surface area contributed by atoms with Crippen molar-refractivity contribution in [3.05, 3.63) is 117 Å². The summed E-state index contributed by atoms with van der Waals surface area (Å²) in [5, 5.41) is 146. The summed E-state index contributed by atoms with van der Waals surface area (Å²) >= 11 is 14.2. The summed E-state index contributed by atoms with van der Waals surface area (Å²) in [6.07, 6.45) is -17.8. The van der Waals surface area contributed by atoms with Crippen LogP contribution >= 0.6 is 23.2 Å². The summed E-state index contributed by atoms with van der Waals surface area (Å²) in [5.74, 6) is -17.7. The Morgan fingerprint density at radius 1 is 0.708 bits per heavy atom. The Kier molecular flexibility index (Phi) is 27.7. The van der Waals surface area contributed by atoms with Gasteiger partial charge in [0.1, 0.15) is 89.5 Å². The molecule has 19 atom stereocenters. The van der Waals surface area contributed by atoms with E-state index < -0.39 is 254 Å². The Labute approximate surface area is 655 Å². The molecule has 113 heavy (non-hydrogen) atoms. The number of carbonyl (C=O) groups excluding carboxylic acids is 7. The number of aromatic hydroxyl groups is 3. The standard InChI is InChI=1S/C75H91Cl2N9O27/c1-7-8-9-10-17-107-49(72(103)104)28-80-75(5)27-52(108-31(4)65(75)96)112-64-62(95)61(94)50(29-87)111-74(64)113-63-47-22-35-23-48(63)110-46-16-13-34(21-40(46)77)60(93)58-71(102)84-56(73(105)106)38-24-36(88)25-44(90)53(38)37-19-32(11-14-43(37)89)54(68(99)86-58)83-69(100)55(35)82-67(98)42(26-51(78)91)81-70(101)57(85-66(97)41(79-6)18-30(2)3)59(92)33-12-15-45(109-47)39(76)20-33/h11-16,19-25,30-31,41-42,49-50,52,54-62,64-65,74,79-80,87-90,92-96H,7-10,17-18,26-29H2,1-6H3,(H2,78,91)(H,81,101)(H,82,98)(H,83,100)(H,84,102)(H,85,97)(H,86,99)(H,103,104)(H,105,106)/t31-,41+,42-,49?,50+,52-,54+,55+,56-,57+,58-,59+,60+,61+,62-,64+,65+,74-,75-/m0/s1. The van der Waals surface area contributed by atoms with Gasteiger partial charge in [-0.3, -0.25) is 33.6 Å². The quantitative estimate of drug-likeness (QED) is 0.0414. The summed E-state index contributed by atoms with van der Waals surface area (Å²) in [7, 11) is 1.47. The highest BCUT2D eigenvalue weighted by Gasteiger charge is 2.53. The number of unbranched alkanes of at least 4 members (excludes halogenated alkanes) is 3. The van der Waals surface area contributed by atoms with Crippen molar-refractivity contribution in [2.45, 2.75) is 195 Å². The maximum absolute atomic E-state index is 16.2. The van der Waals surface area contributed by atoms with Gasteiger partial charge in [0, 0.05) is 47.9 Å². The molecule has 612 valence electrons. The molecular formula is C75H91Cl2N9O27. The lowest BCUT2D eigenvalue weighted by molar-refractivity contribution is -0.334. The SMILES string of the molecule is CCCCCCOC(CN[C@@]1(C)C[C@H](O[C@H]2[C@H](Oc3c4cc5cc3Oc3ccc(cc3Cl)[C@@H](O)[C@@H](NC(=O)[C@@H](CC(C)C)NC)C(=O)N[C@@H](CC(N)=O)C(=O)N[C@H]5C(=O)N[C@H]3C(=O)N[C@H](C(=O)N[C@H](C(=O)O)c5cc(O)cc(O)c5-c5cc3ccc5O)[C@H](O)c3ccc(c(Cl)c3)O4)O[C@H](CO)[C@@H](O)[C@@H]2O)O[C@@H](C)[C@H]1O)C(=O)O. The number of phenolic OH excluding ortho intramolecular Hbond substituents is 3. The van der Waals surface area contributed by atoms with Crippen LogP contribution in [0, 0.1) is 5.92 Å². The normalized spacial score (nSPS) is 27.8. The van der Waals surface area contributed by atoms with E-state index in [1.165, 1.54) is 26.1 Å². The molecule has 38 heteroatoms. The van der Waals surface area contributed by atoms with Crippen molar-refractivity contribution in [3.8, 4) is 57.1 Å². The number of hydrogen-bond acceptors (Lipinski definition) is 27. The monoisotopic (exact) mass is 1620 g/mol. The first-order valence-electron chi connectivity index (χ1n) is 36.3. The van der Waals surface area contributed by atoms with Crippen molar-refractivity contribution in [3.63, 3.8) is 0 Å². The molecule has 7 aliphatic rings. The highest BCUT2D eigenvalue weighted by atomic mass is 35.5. The molecule has 5 aromatic carbocycles. The fourth-order valence-corrected chi connectivity index (χ4v) is 14.4. The molecule has 11 bridgehead atoms. The Hall–Kier alpha value is -9.77. The van der Waals surface area contributed by atoms with Crippen LogP contribution in [0.2, 0.25) is 10.0 Å². The first-order valence-corrected chi connectivity index (χ1v) is 37.0. The molecule has 2 fully saturated rings. The van der Waals surface area contributed by atoms with Crippen LogP contribution in [0.5, 0.6) is 46.0 Å². The molecule has 0 saturated carbocycles. The zero-order valence-electron chi connectivity index (χ0n) is 61.8. The Balaban J connectivity index is 1.20. The number of carboxylic acids is 2. The second-order valence-corrected chi connectivity index (χ2v) is 29.6. The maximum Gasteiger partial charge on any atom is 0.334 e. The summed E-state index contributed by atoms with van der Waals surface area (Å²) in [6, 6.07) is -1.03. The van der Waals surface area contributed by atoms with E-state index in [4.69, 9.17) is 62.1 Å². The van der Waals surface area contributed by atoms with E-state index in [0.29, 0.717) is 6.42 Å². The molecular weight excluding hydrogens is 1530 g/mol. The molecule has 0 aromatic heterocycles. The van der Waals surface area contributed by atoms with E-state index in [1.807, 2.05) is 20.8 Å². The predicted octanol–water partition coefficient (Wildman–Crippen LogP) is 1.79. The van der Waals surface area contributed by atoms with Gasteiger partial charge in [-0.15, -0.1) is 0 Å². The smallest absolute Gasteiger partial charge is 0.334 e. The molecule has 0 spiro atoms. The molecule has 2 saturated heterocycles. The van der Waals surface area contributed by atoms with Crippen LogP contribution in [-0.4, -0.2) is 221 Å². The number of carboxylic acid groups (broad SMARTS) is 2. The lowest BCUT2D eigenvalue weighted by Crippen LogP contribution is -2.66. The lowest BCUT2D eigenvalue weighted by atomic mass is 9.84. The number of aliphatic hydroxyl groups excluding tert-OH is 6. The topological polar surface area (TPSA) is 563 Å². The van der Waals surface area contributed by atoms with E-state index in [9.17, 15) is 84.9 Å². The number of aliphatic carboxylic acids is 2. The second kappa shape index (κ2) is 36.6. The van der Waals surface area contributed by atoms with Gasteiger partial charge in [-0.1, -0.05) is 81.4 Å². The van der Waals surface area contributed by atoms with Gasteiger partial charge in [-0.2, -0.15) is 0 Å². The average Bonchev–Trinajstić information content (AvgIpc) is 0.767. The number of rotatable bonds is 23. The highest BCUT2D eigenvalue weighted by molar-refractivity contribution is 6.32. The van der Waals surface area contributed by atoms with Crippen molar-refractivity contribution < 1.29 is 132 Å². The van der Waals surface area contributed by atoms with Crippen LogP contribution in [0.25, 0.3) is 11.1 Å². The average molecular weight is 1620 g/mol. The zero-order valence-corrected chi connectivity index (χ0v) is 63.3. The Bertz CT molecular complexity index is 4410. The molecule has 21 N–H and O–H groups in total. The van der Waals surface area contributed by atoms with Gasteiger partial charge in [0.15, 0.2) is 36.0 Å². The summed E-state index contributed by atoms with van der Waals surface area (Å²) in [5.41, 5.74) is 1.32. The molecule has 5 aromatic rings. The van der Waals surface area contributed by atoms with E-state index in [2.05, 4.69) is 42.5 Å². The largest absolute Gasteiger partial charge is 0.508 e. The number of likely N-dealkylation sites (N-methyl/N-ethyl adjacent to an activating group) is 1. The summed E-state index contributed by atoms with van der Waals surface area (Å²) in [6.45, 7) is 7.41. The van der Waals surface area contributed by atoms with Crippen LogP contribution in [-0.2, 0) is 62.1 Å². The number of halogens is 2. The Morgan fingerprint density at radius 3 is 1.94 bits per heavy atom. The minimum absolute atomic E-state index is 0.116. The highest BCUT2D eigenvalue weighted by Crippen LogP contribution is 2.50. The molecule has 36 nitrogen and oxygen atoms in total. The number of aliphatic hydroxyl groups is 6. The van der Waals surface area contributed by atoms with Gasteiger partial charge in [0.2, 0.25) is 53.4 Å². The number of benzene rings is 5. The maximum atomic E-state index is 16.2. The fraction of sp³-hybridized carbons (Fsp3) is 0.480.